The number of likely N-dealkylation sites (tertiary alicyclic amines) is 1. The number of hydrogen-bond acceptors (Lipinski definition) is 3. The van der Waals surface area contributed by atoms with Crippen molar-refractivity contribution in [3.8, 4) is 0 Å². The summed E-state index contributed by atoms with van der Waals surface area (Å²) in [6.07, 6.45) is 0.907. The van der Waals surface area contributed by atoms with Gasteiger partial charge in [0.2, 0.25) is 0 Å². The minimum atomic E-state index is -0.117. The fraction of sp³-hybridized carbons (Fsp3) is 0.462. The van der Waals surface area contributed by atoms with Crippen LogP contribution in [0, 0.1) is 0 Å². The van der Waals surface area contributed by atoms with Gasteiger partial charge in [0.1, 0.15) is 6.04 Å². The summed E-state index contributed by atoms with van der Waals surface area (Å²) in [5.41, 5.74) is 1.25. The maximum atomic E-state index is 11.5. The van der Waals surface area contributed by atoms with Crippen molar-refractivity contribution in [3.63, 3.8) is 0 Å². The molecule has 1 aromatic carbocycles. The Hall–Kier alpha value is -1.35. The molecule has 0 N–H and O–H groups in total. The average molecular weight is 219 g/mol. The molecule has 0 aromatic heterocycles. The van der Waals surface area contributed by atoms with Gasteiger partial charge >= 0.3 is 5.97 Å². The van der Waals surface area contributed by atoms with Crippen LogP contribution >= 0.6 is 0 Å². The van der Waals surface area contributed by atoms with Gasteiger partial charge in [-0.15, -0.1) is 0 Å². The van der Waals surface area contributed by atoms with Crippen LogP contribution in [0.5, 0.6) is 0 Å². The molecule has 86 valence electrons. The summed E-state index contributed by atoms with van der Waals surface area (Å²) >= 11 is 0. The van der Waals surface area contributed by atoms with Gasteiger partial charge in [0, 0.05) is 12.6 Å². The van der Waals surface area contributed by atoms with Crippen LogP contribution in [0.2, 0.25) is 0 Å². The first-order chi connectivity index (χ1) is 7.74. The van der Waals surface area contributed by atoms with E-state index >= 15 is 0 Å². The van der Waals surface area contributed by atoms with Gasteiger partial charge in [-0.25, -0.2) is 0 Å². The number of ether oxygens (including phenoxy) is 1. The van der Waals surface area contributed by atoms with Gasteiger partial charge in [-0.2, -0.15) is 0 Å². The van der Waals surface area contributed by atoms with Crippen molar-refractivity contribution in [2.75, 3.05) is 13.7 Å². The quantitative estimate of drug-likeness (QED) is 0.728. The van der Waals surface area contributed by atoms with Gasteiger partial charge in [-0.05, 0) is 18.9 Å². The lowest BCUT2D eigenvalue weighted by Gasteiger charge is -2.43. The molecule has 1 aliphatic rings. The molecule has 0 saturated carbocycles. The summed E-state index contributed by atoms with van der Waals surface area (Å²) in [7, 11) is 1.45. The van der Waals surface area contributed by atoms with Crippen LogP contribution in [-0.2, 0) is 9.53 Å². The fourth-order valence-corrected chi connectivity index (χ4v) is 2.18. The molecule has 0 radical (unpaired) electrons. The predicted molar refractivity (Wildman–Crippen MR) is 62.0 cm³/mol. The molecule has 16 heavy (non-hydrogen) atoms. The van der Waals surface area contributed by atoms with Crippen molar-refractivity contribution >= 4 is 5.97 Å². The highest BCUT2D eigenvalue weighted by atomic mass is 16.5. The van der Waals surface area contributed by atoms with E-state index in [4.69, 9.17) is 4.74 Å². The van der Waals surface area contributed by atoms with Crippen molar-refractivity contribution in [2.24, 2.45) is 0 Å². The van der Waals surface area contributed by atoms with Crippen LogP contribution in [0.1, 0.15) is 24.9 Å². The monoisotopic (exact) mass is 219 g/mol. The summed E-state index contributed by atoms with van der Waals surface area (Å²) < 4.78 is 4.79. The number of nitrogens with zero attached hydrogens (tertiary/aromatic N) is 1. The molecule has 0 amide bonds. The lowest BCUT2D eigenvalue weighted by Crippen LogP contribution is -2.53. The molecule has 3 nitrogen and oxygen atoms in total. The van der Waals surface area contributed by atoms with Gasteiger partial charge in [0.25, 0.3) is 0 Å². The highest BCUT2D eigenvalue weighted by Crippen LogP contribution is 2.30. The third-order valence-electron chi connectivity index (χ3n) is 3.31. The SMILES string of the molecule is COC(=O)C1CCN1C(C)c1ccccc1. The number of esters is 1. The Morgan fingerprint density at radius 2 is 2.12 bits per heavy atom. The average Bonchev–Trinajstić information content (AvgIpc) is 2.28. The Balaban J connectivity index is 2.06. The van der Waals surface area contributed by atoms with E-state index in [0.29, 0.717) is 0 Å². The van der Waals surface area contributed by atoms with Crippen LogP contribution in [0.15, 0.2) is 30.3 Å². The maximum absolute atomic E-state index is 11.5. The number of carbonyl (C=O) groups is 1. The second-order valence-electron chi connectivity index (χ2n) is 4.15. The van der Waals surface area contributed by atoms with E-state index in [2.05, 4.69) is 24.0 Å². The van der Waals surface area contributed by atoms with Crippen molar-refractivity contribution in [1.29, 1.82) is 0 Å². The standard InChI is InChI=1S/C13H17NO2/c1-10(11-6-4-3-5-7-11)14-9-8-12(14)13(15)16-2/h3-7,10,12H,8-9H2,1-2H3. The molecule has 0 aliphatic carbocycles. The molecular weight excluding hydrogens is 202 g/mol. The van der Waals surface area contributed by atoms with Gasteiger partial charge in [0.15, 0.2) is 0 Å². The van der Waals surface area contributed by atoms with Crippen molar-refractivity contribution < 1.29 is 9.53 Å². The normalized spacial score (nSPS) is 22.2. The zero-order valence-corrected chi connectivity index (χ0v) is 9.72. The minimum Gasteiger partial charge on any atom is -0.468 e. The lowest BCUT2D eigenvalue weighted by atomic mass is 9.96. The second kappa shape index (κ2) is 4.66. The van der Waals surface area contributed by atoms with Crippen molar-refractivity contribution in [3.05, 3.63) is 35.9 Å². The van der Waals surface area contributed by atoms with E-state index in [1.54, 1.807) is 0 Å². The molecular formula is C13H17NO2. The summed E-state index contributed by atoms with van der Waals surface area (Å²) in [6.45, 7) is 3.10. The van der Waals surface area contributed by atoms with Crippen LogP contribution in [0.25, 0.3) is 0 Å². The highest BCUT2D eigenvalue weighted by molar-refractivity contribution is 5.76. The summed E-state index contributed by atoms with van der Waals surface area (Å²) in [6, 6.07) is 10.5. The third kappa shape index (κ3) is 1.95. The summed E-state index contributed by atoms with van der Waals surface area (Å²) in [4.78, 5) is 13.7. The second-order valence-corrected chi connectivity index (χ2v) is 4.15. The molecule has 2 atom stereocenters. The molecule has 1 aromatic rings. The molecule has 1 aliphatic heterocycles. The number of carbonyl (C=O) groups excluding carboxylic acids is 1. The van der Waals surface area contributed by atoms with E-state index in [9.17, 15) is 4.79 Å². The third-order valence-corrected chi connectivity index (χ3v) is 3.31. The van der Waals surface area contributed by atoms with Crippen LogP contribution < -0.4 is 0 Å². The first kappa shape index (κ1) is 11.1. The number of hydrogen-bond donors (Lipinski definition) is 0. The topological polar surface area (TPSA) is 29.5 Å². The lowest BCUT2D eigenvalue weighted by molar-refractivity contribution is -0.153. The van der Waals surface area contributed by atoms with Gasteiger partial charge in [-0.3, -0.25) is 9.69 Å². The molecule has 2 rings (SSSR count). The van der Waals surface area contributed by atoms with Gasteiger partial charge < -0.3 is 4.74 Å². The van der Waals surface area contributed by atoms with E-state index in [-0.39, 0.29) is 18.1 Å². The van der Waals surface area contributed by atoms with Crippen LogP contribution in [-0.4, -0.2) is 30.6 Å². The van der Waals surface area contributed by atoms with Gasteiger partial charge in [-0.1, -0.05) is 30.3 Å². The number of rotatable bonds is 3. The molecule has 2 unspecified atom stereocenters. The highest BCUT2D eigenvalue weighted by Gasteiger charge is 2.38. The Morgan fingerprint density at radius 3 is 2.62 bits per heavy atom. The first-order valence-corrected chi connectivity index (χ1v) is 5.62. The smallest absolute Gasteiger partial charge is 0.323 e. The maximum Gasteiger partial charge on any atom is 0.323 e. The van der Waals surface area contributed by atoms with Crippen molar-refractivity contribution in [2.45, 2.75) is 25.4 Å². The van der Waals surface area contributed by atoms with Crippen LogP contribution in [0.4, 0.5) is 0 Å². The Bertz CT molecular complexity index is 363. The van der Waals surface area contributed by atoms with E-state index < -0.39 is 0 Å². The Morgan fingerprint density at radius 1 is 1.44 bits per heavy atom. The zero-order valence-electron chi connectivity index (χ0n) is 9.72. The molecule has 0 bridgehead atoms. The minimum absolute atomic E-state index is 0.0554. The molecule has 0 spiro atoms. The van der Waals surface area contributed by atoms with Crippen molar-refractivity contribution in [1.82, 2.24) is 4.90 Å². The largest absolute Gasteiger partial charge is 0.468 e. The molecule has 1 heterocycles. The predicted octanol–water partition coefficient (Wildman–Crippen LogP) is 1.99. The van der Waals surface area contributed by atoms with E-state index in [1.807, 2.05) is 18.2 Å². The molecule has 3 heteroatoms. The first-order valence-electron chi connectivity index (χ1n) is 5.62. The fourth-order valence-electron chi connectivity index (χ4n) is 2.18. The summed E-state index contributed by atoms with van der Waals surface area (Å²) in [5, 5.41) is 0. The molecule has 1 fully saturated rings. The van der Waals surface area contributed by atoms with E-state index in [0.717, 1.165) is 13.0 Å². The number of methoxy groups -OCH3 is 1. The zero-order chi connectivity index (χ0) is 11.5. The Kier molecular flexibility index (Phi) is 3.25. The summed E-state index contributed by atoms with van der Waals surface area (Å²) in [5.74, 6) is -0.117. The number of benzene rings is 1. The van der Waals surface area contributed by atoms with Crippen LogP contribution in [0.3, 0.4) is 0 Å². The van der Waals surface area contributed by atoms with Gasteiger partial charge in [0.05, 0.1) is 7.11 Å². The Labute approximate surface area is 96.0 Å². The van der Waals surface area contributed by atoms with E-state index in [1.165, 1.54) is 12.7 Å². The molecule has 1 saturated heterocycles.